The van der Waals surface area contributed by atoms with Gasteiger partial charge in [-0.05, 0) is 38.8 Å². The van der Waals surface area contributed by atoms with Gasteiger partial charge in [0.05, 0.1) is 18.6 Å². The fourth-order valence-corrected chi connectivity index (χ4v) is 2.09. The Morgan fingerprint density at radius 2 is 2.00 bits per heavy atom. The lowest BCUT2D eigenvalue weighted by atomic mass is 9.98. The summed E-state index contributed by atoms with van der Waals surface area (Å²) in [5.74, 6) is -0.349. The van der Waals surface area contributed by atoms with Crippen LogP contribution in [0, 0.1) is 11.3 Å². The highest BCUT2D eigenvalue weighted by atomic mass is 16.6. The number of nitrogens with zero attached hydrogens (tertiary/aromatic N) is 1. The zero-order chi connectivity index (χ0) is 19.0. The minimum absolute atomic E-state index is 0.108. The Morgan fingerprint density at radius 1 is 1.32 bits per heavy atom. The van der Waals surface area contributed by atoms with Crippen molar-refractivity contribution in [2.75, 3.05) is 6.54 Å². The molecule has 0 fully saturated rings. The molecule has 0 saturated carbocycles. The lowest BCUT2D eigenvalue weighted by Crippen LogP contribution is -2.34. The van der Waals surface area contributed by atoms with Crippen LogP contribution in [0.1, 0.15) is 55.6 Å². The molecular formula is C18H24N2O5. The van der Waals surface area contributed by atoms with Crippen molar-refractivity contribution in [2.24, 2.45) is 0 Å². The van der Waals surface area contributed by atoms with E-state index in [0.29, 0.717) is 11.1 Å². The lowest BCUT2D eigenvalue weighted by molar-refractivity contribution is 0.0122. The number of benzene rings is 1. The Hall–Kier alpha value is -2.43. The number of aliphatic hydroxyl groups is 2. The van der Waals surface area contributed by atoms with Gasteiger partial charge in [-0.2, -0.15) is 5.26 Å². The van der Waals surface area contributed by atoms with Crippen LogP contribution in [0.5, 0.6) is 0 Å². The number of hydrogen-bond acceptors (Lipinski definition) is 6. The summed E-state index contributed by atoms with van der Waals surface area (Å²) in [6.45, 7) is 5.35. The van der Waals surface area contributed by atoms with Crippen LogP contribution in [0.25, 0.3) is 0 Å². The van der Waals surface area contributed by atoms with Crippen LogP contribution in [0.15, 0.2) is 24.3 Å². The first-order valence-electron chi connectivity index (χ1n) is 7.97. The number of carbonyl (C=O) groups is 2. The van der Waals surface area contributed by atoms with Crippen LogP contribution in [0.2, 0.25) is 0 Å². The molecule has 1 amide bonds. The maximum absolute atomic E-state index is 11.7. The second-order valence-electron chi connectivity index (χ2n) is 6.61. The lowest BCUT2D eigenvalue weighted by Gasteiger charge is -2.21. The van der Waals surface area contributed by atoms with Gasteiger partial charge in [-0.25, -0.2) is 4.79 Å². The smallest absolute Gasteiger partial charge is 0.407 e. The standard InChI is InChI=1S/C18H24N2O5/c1-18(2,3)25-17(24)20-10-8-15(22)16(23)13-6-4-5-12(11-13)14(21)7-9-19/h4-6,11,15-16,22-23H,7-8,10H2,1-3H3,(H,20,24). The zero-order valence-corrected chi connectivity index (χ0v) is 14.7. The molecule has 1 aromatic carbocycles. The van der Waals surface area contributed by atoms with Gasteiger partial charge in [0.1, 0.15) is 11.7 Å². The maximum Gasteiger partial charge on any atom is 0.407 e. The zero-order valence-electron chi connectivity index (χ0n) is 14.7. The van der Waals surface area contributed by atoms with Crippen molar-refractivity contribution in [3.05, 3.63) is 35.4 Å². The molecule has 25 heavy (non-hydrogen) atoms. The molecule has 0 radical (unpaired) electrons. The predicted molar refractivity (Wildman–Crippen MR) is 90.8 cm³/mol. The molecule has 7 heteroatoms. The summed E-state index contributed by atoms with van der Waals surface area (Å²) in [4.78, 5) is 23.2. The number of Topliss-reactive ketones (excluding diaryl/α,β-unsaturated/α-hetero) is 1. The molecule has 2 atom stereocenters. The van der Waals surface area contributed by atoms with E-state index >= 15 is 0 Å². The molecule has 0 heterocycles. The summed E-state index contributed by atoms with van der Waals surface area (Å²) < 4.78 is 5.07. The van der Waals surface area contributed by atoms with E-state index in [-0.39, 0.29) is 25.2 Å². The topological polar surface area (TPSA) is 120 Å². The average molecular weight is 348 g/mol. The molecule has 0 aliphatic carbocycles. The van der Waals surface area contributed by atoms with Gasteiger partial charge in [-0.15, -0.1) is 0 Å². The molecule has 3 N–H and O–H groups in total. The SMILES string of the molecule is CC(C)(C)OC(=O)NCCC(O)C(O)c1cccc(C(=O)CC#N)c1. The number of carbonyl (C=O) groups excluding carboxylic acids is 2. The third kappa shape index (κ3) is 7.33. The van der Waals surface area contributed by atoms with E-state index < -0.39 is 23.9 Å². The summed E-state index contributed by atoms with van der Waals surface area (Å²) in [5.41, 5.74) is 0.0595. The highest BCUT2D eigenvalue weighted by molar-refractivity contribution is 5.97. The van der Waals surface area contributed by atoms with E-state index in [9.17, 15) is 19.8 Å². The Kier molecular flexibility index (Phi) is 7.55. The molecule has 2 unspecified atom stereocenters. The highest BCUT2D eigenvalue weighted by Crippen LogP contribution is 2.20. The third-order valence-corrected chi connectivity index (χ3v) is 3.26. The molecule has 7 nitrogen and oxygen atoms in total. The second-order valence-corrected chi connectivity index (χ2v) is 6.61. The number of amides is 1. The summed E-state index contributed by atoms with van der Waals surface area (Å²) in [6, 6.07) is 7.94. The number of ether oxygens (including phenoxy) is 1. The van der Waals surface area contributed by atoms with Crippen molar-refractivity contribution in [1.82, 2.24) is 5.32 Å². The molecule has 1 aromatic rings. The number of nitrogens with one attached hydrogen (secondary N) is 1. The monoisotopic (exact) mass is 348 g/mol. The minimum Gasteiger partial charge on any atom is -0.444 e. The number of aliphatic hydroxyl groups excluding tert-OH is 2. The molecule has 0 aliphatic heterocycles. The quantitative estimate of drug-likeness (QED) is 0.649. The van der Waals surface area contributed by atoms with Crippen LogP contribution in [0.3, 0.4) is 0 Å². The largest absolute Gasteiger partial charge is 0.444 e. The van der Waals surface area contributed by atoms with Gasteiger partial charge in [0.25, 0.3) is 0 Å². The van der Waals surface area contributed by atoms with Crippen LogP contribution >= 0.6 is 0 Å². The molecule has 1 rings (SSSR count). The van der Waals surface area contributed by atoms with E-state index in [1.54, 1.807) is 45.0 Å². The summed E-state index contributed by atoms with van der Waals surface area (Å²) >= 11 is 0. The highest BCUT2D eigenvalue weighted by Gasteiger charge is 2.20. The van der Waals surface area contributed by atoms with E-state index in [4.69, 9.17) is 10.00 Å². The summed E-state index contributed by atoms with van der Waals surface area (Å²) in [6.07, 6.45) is -3.08. The molecule has 0 aromatic heterocycles. The molecule has 136 valence electrons. The predicted octanol–water partition coefficient (Wildman–Crippen LogP) is 2.09. The fraction of sp³-hybridized carbons (Fsp3) is 0.500. The van der Waals surface area contributed by atoms with E-state index in [1.165, 1.54) is 6.07 Å². The van der Waals surface area contributed by atoms with E-state index in [1.807, 2.05) is 0 Å². The first-order chi connectivity index (χ1) is 11.6. The van der Waals surface area contributed by atoms with Crippen LogP contribution < -0.4 is 5.32 Å². The van der Waals surface area contributed by atoms with Gasteiger partial charge < -0.3 is 20.3 Å². The van der Waals surface area contributed by atoms with Crippen LogP contribution in [0.4, 0.5) is 4.79 Å². The first-order valence-corrected chi connectivity index (χ1v) is 7.97. The second kappa shape index (κ2) is 9.16. The average Bonchev–Trinajstić information content (AvgIpc) is 2.52. The van der Waals surface area contributed by atoms with Crippen molar-refractivity contribution >= 4 is 11.9 Å². The Labute approximate surface area is 147 Å². The summed E-state index contributed by atoms with van der Waals surface area (Å²) in [7, 11) is 0. The number of rotatable bonds is 7. The number of alkyl carbamates (subject to hydrolysis) is 1. The van der Waals surface area contributed by atoms with Crippen molar-refractivity contribution < 1.29 is 24.5 Å². The summed E-state index contributed by atoms with van der Waals surface area (Å²) in [5, 5.41) is 31.3. The van der Waals surface area contributed by atoms with Crippen molar-refractivity contribution in [3.63, 3.8) is 0 Å². The molecule has 0 aliphatic rings. The third-order valence-electron chi connectivity index (χ3n) is 3.26. The van der Waals surface area contributed by atoms with Gasteiger partial charge in [-0.1, -0.05) is 18.2 Å². The Bertz CT molecular complexity index is 646. The maximum atomic E-state index is 11.7. The molecule has 0 saturated heterocycles. The number of nitriles is 1. The first kappa shape index (κ1) is 20.6. The molecule has 0 bridgehead atoms. The Balaban J connectivity index is 2.58. The van der Waals surface area contributed by atoms with Gasteiger partial charge in [0.2, 0.25) is 0 Å². The number of ketones is 1. The van der Waals surface area contributed by atoms with Crippen molar-refractivity contribution in [1.29, 1.82) is 5.26 Å². The van der Waals surface area contributed by atoms with Crippen LogP contribution in [-0.4, -0.2) is 40.3 Å². The van der Waals surface area contributed by atoms with E-state index in [0.717, 1.165) is 0 Å². The normalized spacial score (nSPS) is 13.4. The van der Waals surface area contributed by atoms with Gasteiger partial charge in [0.15, 0.2) is 5.78 Å². The van der Waals surface area contributed by atoms with Gasteiger partial charge in [-0.3, -0.25) is 4.79 Å². The fourth-order valence-electron chi connectivity index (χ4n) is 2.09. The minimum atomic E-state index is -1.21. The van der Waals surface area contributed by atoms with Crippen molar-refractivity contribution in [3.8, 4) is 6.07 Å². The number of hydrogen-bond donors (Lipinski definition) is 3. The van der Waals surface area contributed by atoms with Gasteiger partial charge in [0, 0.05) is 12.1 Å². The van der Waals surface area contributed by atoms with Crippen molar-refractivity contribution in [2.45, 2.75) is 51.4 Å². The van der Waals surface area contributed by atoms with Gasteiger partial charge >= 0.3 is 6.09 Å². The molecule has 0 spiro atoms. The Morgan fingerprint density at radius 3 is 2.60 bits per heavy atom. The van der Waals surface area contributed by atoms with E-state index in [2.05, 4.69) is 5.32 Å². The molecular weight excluding hydrogens is 324 g/mol. The van der Waals surface area contributed by atoms with Crippen LogP contribution in [-0.2, 0) is 4.74 Å².